The zero-order valence-corrected chi connectivity index (χ0v) is 16.9. The summed E-state index contributed by atoms with van der Waals surface area (Å²) in [5.41, 5.74) is 3.21. The van der Waals surface area contributed by atoms with Gasteiger partial charge in [-0.1, -0.05) is 36.1 Å². The van der Waals surface area contributed by atoms with Gasteiger partial charge in [-0.2, -0.15) is 0 Å². The van der Waals surface area contributed by atoms with Crippen molar-refractivity contribution in [2.45, 2.75) is 18.9 Å². The van der Waals surface area contributed by atoms with Crippen molar-refractivity contribution in [1.82, 2.24) is 15.3 Å². The number of benzene rings is 2. The number of aromatic hydroxyl groups is 1. The number of hydrogen-bond acceptors (Lipinski definition) is 5. The number of halogens is 1. The molecule has 0 radical (unpaired) electrons. The topological polar surface area (TPSA) is 98.2 Å². The second-order valence-electron chi connectivity index (χ2n) is 7.06. The summed E-state index contributed by atoms with van der Waals surface area (Å²) in [7, 11) is 0. The van der Waals surface area contributed by atoms with Gasteiger partial charge in [0.1, 0.15) is 6.67 Å². The Morgan fingerprint density at radius 1 is 1.03 bits per heavy atom. The van der Waals surface area contributed by atoms with Crippen molar-refractivity contribution in [2.24, 2.45) is 0 Å². The van der Waals surface area contributed by atoms with Gasteiger partial charge in [-0.05, 0) is 41.8 Å². The highest BCUT2D eigenvalue weighted by atomic mass is 19.1. The first-order valence-electron chi connectivity index (χ1n) is 9.94. The smallest absolute Gasteiger partial charge is 0.293 e. The fourth-order valence-corrected chi connectivity index (χ4v) is 3.16. The van der Waals surface area contributed by atoms with Crippen LogP contribution in [-0.2, 0) is 13.0 Å². The van der Waals surface area contributed by atoms with Crippen LogP contribution < -0.4 is 10.9 Å². The van der Waals surface area contributed by atoms with E-state index in [1.165, 1.54) is 6.33 Å². The molecule has 0 aliphatic carbocycles. The minimum atomic E-state index is -0.599. The standard InChI is InChI=1S/C24H24FN3O3/c25-11-12-26-14-21(22-23(30)24(31)28-16-27-22)13-19-7-3-17(4-8-19)1-2-18-5-9-20(15-29)10-6-18/h3-10,16,21,26,29-30H,11-15H2,(H,27,28,31). The molecule has 1 atom stereocenters. The summed E-state index contributed by atoms with van der Waals surface area (Å²) in [6, 6.07) is 15.1. The fraction of sp³-hybridized carbons (Fsp3) is 0.250. The molecular formula is C24H24FN3O3. The first-order chi connectivity index (χ1) is 15.1. The Labute approximate surface area is 179 Å². The Bertz CT molecular complexity index is 1100. The van der Waals surface area contributed by atoms with Gasteiger partial charge >= 0.3 is 0 Å². The number of alkyl halides is 1. The average molecular weight is 421 g/mol. The van der Waals surface area contributed by atoms with Crippen LogP contribution in [0.15, 0.2) is 59.7 Å². The molecule has 1 aromatic heterocycles. The minimum absolute atomic E-state index is 0.00409. The van der Waals surface area contributed by atoms with Crippen LogP contribution in [0.2, 0.25) is 0 Å². The highest BCUT2D eigenvalue weighted by molar-refractivity contribution is 5.44. The SMILES string of the molecule is O=c1[nH]cnc(C(CNCCF)Cc2ccc(C#Cc3ccc(CO)cc3)cc2)c1O. The van der Waals surface area contributed by atoms with Crippen LogP contribution in [0.1, 0.15) is 33.9 Å². The van der Waals surface area contributed by atoms with Crippen LogP contribution in [0.5, 0.6) is 5.75 Å². The summed E-state index contributed by atoms with van der Waals surface area (Å²) in [5.74, 6) is 5.48. The Morgan fingerprint density at radius 2 is 1.65 bits per heavy atom. The molecule has 31 heavy (non-hydrogen) atoms. The normalized spacial score (nSPS) is 11.5. The van der Waals surface area contributed by atoms with Crippen molar-refractivity contribution >= 4 is 0 Å². The third-order valence-electron chi connectivity index (χ3n) is 4.83. The molecule has 6 nitrogen and oxygen atoms in total. The van der Waals surface area contributed by atoms with Gasteiger partial charge in [0.15, 0.2) is 0 Å². The first kappa shape index (κ1) is 22.2. The lowest BCUT2D eigenvalue weighted by Crippen LogP contribution is -2.26. The van der Waals surface area contributed by atoms with Crippen molar-refractivity contribution in [1.29, 1.82) is 0 Å². The van der Waals surface area contributed by atoms with Gasteiger partial charge in [-0.3, -0.25) is 4.79 Å². The third-order valence-corrected chi connectivity index (χ3v) is 4.83. The van der Waals surface area contributed by atoms with E-state index in [1.807, 2.05) is 48.5 Å². The molecule has 0 aliphatic rings. The lowest BCUT2D eigenvalue weighted by Gasteiger charge is -2.17. The van der Waals surface area contributed by atoms with E-state index >= 15 is 0 Å². The van der Waals surface area contributed by atoms with E-state index in [9.17, 15) is 14.3 Å². The lowest BCUT2D eigenvalue weighted by molar-refractivity contribution is 0.282. The van der Waals surface area contributed by atoms with Crippen LogP contribution in [0.4, 0.5) is 4.39 Å². The zero-order chi connectivity index (χ0) is 22.1. The predicted molar refractivity (Wildman–Crippen MR) is 117 cm³/mol. The van der Waals surface area contributed by atoms with Gasteiger partial charge in [-0.15, -0.1) is 0 Å². The molecule has 1 unspecified atom stereocenters. The molecule has 1 heterocycles. The summed E-state index contributed by atoms with van der Waals surface area (Å²) >= 11 is 0. The molecule has 160 valence electrons. The molecular weight excluding hydrogens is 397 g/mol. The molecule has 0 aliphatic heterocycles. The number of nitrogens with zero attached hydrogens (tertiary/aromatic N) is 1. The van der Waals surface area contributed by atoms with Crippen molar-refractivity contribution in [2.75, 3.05) is 19.8 Å². The molecule has 3 rings (SSSR count). The van der Waals surface area contributed by atoms with Gasteiger partial charge in [0.25, 0.3) is 5.56 Å². The number of aliphatic hydroxyl groups excluding tert-OH is 1. The van der Waals surface area contributed by atoms with Gasteiger partial charge in [-0.25, -0.2) is 9.37 Å². The van der Waals surface area contributed by atoms with E-state index in [2.05, 4.69) is 27.1 Å². The summed E-state index contributed by atoms with van der Waals surface area (Å²) < 4.78 is 12.5. The molecule has 0 saturated heterocycles. The van der Waals surface area contributed by atoms with E-state index in [0.717, 1.165) is 22.3 Å². The highest BCUT2D eigenvalue weighted by Gasteiger charge is 2.19. The number of nitrogens with one attached hydrogen (secondary N) is 2. The number of aliphatic hydroxyl groups is 1. The van der Waals surface area contributed by atoms with Gasteiger partial charge < -0.3 is 20.5 Å². The molecule has 0 bridgehead atoms. The van der Waals surface area contributed by atoms with E-state index in [0.29, 0.717) is 13.0 Å². The van der Waals surface area contributed by atoms with Crippen LogP contribution in [0.3, 0.4) is 0 Å². The van der Waals surface area contributed by atoms with Crippen molar-refractivity contribution in [3.05, 3.63) is 93.2 Å². The van der Waals surface area contributed by atoms with E-state index < -0.39 is 18.0 Å². The van der Waals surface area contributed by atoms with Gasteiger partial charge in [0.05, 0.1) is 18.6 Å². The Morgan fingerprint density at radius 3 is 2.23 bits per heavy atom. The van der Waals surface area contributed by atoms with Gasteiger partial charge in [0, 0.05) is 30.1 Å². The fourth-order valence-electron chi connectivity index (χ4n) is 3.16. The molecule has 7 heteroatoms. The first-order valence-corrected chi connectivity index (χ1v) is 9.94. The minimum Gasteiger partial charge on any atom is -0.502 e. The molecule has 2 aromatic carbocycles. The molecule has 3 aromatic rings. The van der Waals surface area contributed by atoms with Crippen LogP contribution >= 0.6 is 0 Å². The van der Waals surface area contributed by atoms with Crippen LogP contribution in [0.25, 0.3) is 0 Å². The second-order valence-corrected chi connectivity index (χ2v) is 7.06. The van der Waals surface area contributed by atoms with Crippen molar-refractivity contribution < 1.29 is 14.6 Å². The average Bonchev–Trinajstić information content (AvgIpc) is 2.80. The third kappa shape index (κ3) is 6.25. The second kappa shape index (κ2) is 11.1. The van der Waals surface area contributed by atoms with Crippen LogP contribution in [0, 0.1) is 11.8 Å². The van der Waals surface area contributed by atoms with Crippen molar-refractivity contribution in [3.63, 3.8) is 0 Å². The maximum absolute atomic E-state index is 12.5. The number of aromatic nitrogens is 2. The quantitative estimate of drug-likeness (QED) is 0.330. The molecule has 0 saturated carbocycles. The summed E-state index contributed by atoms with van der Waals surface area (Å²) in [6.07, 6.45) is 1.77. The largest absolute Gasteiger partial charge is 0.502 e. The van der Waals surface area contributed by atoms with E-state index in [4.69, 9.17) is 5.11 Å². The highest BCUT2D eigenvalue weighted by Crippen LogP contribution is 2.23. The maximum Gasteiger partial charge on any atom is 0.293 e. The number of H-pyrrole nitrogens is 1. The van der Waals surface area contributed by atoms with E-state index in [1.54, 1.807) is 0 Å². The lowest BCUT2D eigenvalue weighted by atomic mass is 9.94. The summed E-state index contributed by atoms with van der Waals surface area (Å²) in [4.78, 5) is 18.2. The number of rotatable bonds is 8. The van der Waals surface area contributed by atoms with Gasteiger partial charge in [0.2, 0.25) is 5.75 Å². The Balaban J connectivity index is 1.74. The summed E-state index contributed by atoms with van der Waals surface area (Å²) in [5, 5.41) is 22.2. The zero-order valence-electron chi connectivity index (χ0n) is 16.9. The van der Waals surface area contributed by atoms with Crippen LogP contribution in [-0.4, -0.2) is 39.9 Å². The Kier molecular flexibility index (Phi) is 7.93. The summed E-state index contributed by atoms with van der Waals surface area (Å²) in [6.45, 7) is 0.0648. The maximum atomic E-state index is 12.5. The molecule has 0 spiro atoms. The molecule has 0 fully saturated rings. The van der Waals surface area contributed by atoms with E-state index in [-0.39, 0.29) is 24.8 Å². The Hall–Kier alpha value is -3.47. The molecule has 0 amide bonds. The number of hydrogen-bond donors (Lipinski definition) is 4. The number of aromatic amines is 1. The monoisotopic (exact) mass is 421 g/mol. The van der Waals surface area contributed by atoms with Crippen molar-refractivity contribution in [3.8, 4) is 17.6 Å². The predicted octanol–water partition coefficient (Wildman–Crippen LogP) is 2.25. The molecule has 4 N–H and O–H groups in total.